The van der Waals surface area contributed by atoms with Gasteiger partial charge in [0.25, 0.3) is 0 Å². The lowest BCUT2D eigenvalue weighted by Crippen LogP contribution is -2.29. The Morgan fingerprint density at radius 2 is 0.419 bits per heavy atom. The Hall–Kier alpha value is -0.280. The topological polar surface area (TPSA) is 97.6 Å². The molecule has 1 aliphatic rings. The number of hydrogen-bond donors (Lipinski definition) is 3. The van der Waals surface area contributed by atoms with Gasteiger partial charge in [0.1, 0.15) is 12.2 Å². The molecule has 7 nitrogen and oxygen atoms in total. The van der Waals surface area contributed by atoms with Gasteiger partial charge < -0.3 is 34.3 Å². The smallest absolute Gasteiger partial charge is 0.104 e. The fraction of sp³-hybridized carbons (Fsp3) is 1.00. The molecule has 558 valence electrons. The van der Waals surface area contributed by atoms with Crippen LogP contribution < -0.4 is 0 Å². The monoisotopic (exact) mass is 1320 g/mol. The molecule has 0 radical (unpaired) electrons. The van der Waals surface area contributed by atoms with Crippen molar-refractivity contribution in [3.8, 4) is 0 Å². The van der Waals surface area contributed by atoms with Gasteiger partial charge in [0, 0.05) is 26.4 Å². The van der Waals surface area contributed by atoms with Crippen molar-refractivity contribution in [1.82, 2.24) is 0 Å². The van der Waals surface area contributed by atoms with Crippen molar-refractivity contribution in [3.05, 3.63) is 0 Å². The van der Waals surface area contributed by atoms with E-state index in [0.717, 1.165) is 104 Å². The van der Waals surface area contributed by atoms with E-state index in [2.05, 4.69) is 104 Å². The first-order valence-corrected chi connectivity index (χ1v) is 41.8. The maximum atomic E-state index is 11.2. The molecule has 0 aromatic rings. The van der Waals surface area contributed by atoms with Gasteiger partial charge >= 0.3 is 0 Å². The molecule has 1 saturated heterocycles. The standard InChI is InChI=1S/C86H172O7/c1-69-29-17-32-73(5)40-25-48-81(13)56-61-90-67-84(65-87)92-62-57-82(14)49-26-41-74(6)33-18-30-70(2)38-23-46-79(11)54-55-80(12)47-24-39-72(4)35-20-43-76(8)51-28-59-86(16,89)60-64-91-68-85(66-88)93-63-58-83(15)50-27-42-75(7)34-19-31-71(3)37-22-45-78(10)53-52-77(9)44-21-36-69/h69-85,87-89H,17-68H2,1-16H3. The van der Waals surface area contributed by atoms with Gasteiger partial charge in [0.15, 0.2) is 0 Å². The van der Waals surface area contributed by atoms with Crippen LogP contribution in [0.5, 0.6) is 0 Å². The molecule has 0 aliphatic carbocycles. The van der Waals surface area contributed by atoms with Crippen LogP contribution in [0.2, 0.25) is 0 Å². The Balaban J connectivity index is 2.53. The van der Waals surface area contributed by atoms with Crippen molar-refractivity contribution in [2.24, 2.45) is 88.8 Å². The molecule has 1 heterocycles. The lowest BCUT2D eigenvalue weighted by molar-refractivity contribution is -0.0578. The van der Waals surface area contributed by atoms with Crippen molar-refractivity contribution >= 4 is 0 Å². The molecule has 1 fully saturated rings. The third kappa shape index (κ3) is 57.1. The molecule has 7 heteroatoms. The van der Waals surface area contributed by atoms with Crippen LogP contribution in [-0.4, -0.2) is 86.0 Å². The van der Waals surface area contributed by atoms with E-state index in [9.17, 15) is 15.3 Å². The van der Waals surface area contributed by atoms with E-state index >= 15 is 0 Å². The van der Waals surface area contributed by atoms with Crippen LogP contribution in [-0.2, 0) is 18.9 Å². The van der Waals surface area contributed by atoms with E-state index in [1.54, 1.807) is 0 Å². The summed E-state index contributed by atoms with van der Waals surface area (Å²) in [7, 11) is 0. The van der Waals surface area contributed by atoms with Crippen LogP contribution in [0.4, 0.5) is 0 Å². The van der Waals surface area contributed by atoms with E-state index in [1.807, 2.05) is 6.92 Å². The summed E-state index contributed by atoms with van der Waals surface area (Å²) < 4.78 is 24.2. The normalized spacial score (nSPS) is 36.6. The molecule has 0 saturated carbocycles. The number of aliphatic hydroxyl groups excluding tert-OH is 2. The van der Waals surface area contributed by atoms with E-state index in [-0.39, 0.29) is 25.4 Å². The third-order valence-electron chi connectivity index (χ3n) is 23.5. The fourth-order valence-corrected chi connectivity index (χ4v) is 15.4. The molecule has 0 aromatic carbocycles. The molecular formula is C86H172O7. The molecule has 93 heavy (non-hydrogen) atoms. The Morgan fingerprint density at radius 3 is 0.645 bits per heavy atom. The van der Waals surface area contributed by atoms with Crippen LogP contribution in [0.3, 0.4) is 0 Å². The second-order valence-electron chi connectivity index (χ2n) is 35.0. The summed E-state index contributed by atoms with van der Waals surface area (Å²) in [6.45, 7) is 42.5. The van der Waals surface area contributed by atoms with Crippen molar-refractivity contribution in [2.75, 3.05) is 52.9 Å². The average Bonchev–Trinajstić information content (AvgIpc) is 3.34. The van der Waals surface area contributed by atoms with Gasteiger partial charge in [-0.3, -0.25) is 0 Å². The van der Waals surface area contributed by atoms with Gasteiger partial charge in [-0.15, -0.1) is 0 Å². The summed E-state index contributed by atoms with van der Waals surface area (Å²) in [5, 5.41) is 31.2. The van der Waals surface area contributed by atoms with Crippen LogP contribution in [0.25, 0.3) is 0 Å². The highest BCUT2D eigenvalue weighted by atomic mass is 16.5. The maximum absolute atomic E-state index is 11.2. The molecule has 0 amide bonds. The Labute approximate surface area is 584 Å². The minimum Gasteiger partial charge on any atom is -0.394 e. The zero-order chi connectivity index (χ0) is 68.9. The quantitative estimate of drug-likeness (QED) is 0.253. The summed E-state index contributed by atoms with van der Waals surface area (Å²) in [5.41, 5.74) is -0.722. The first kappa shape index (κ1) is 90.7. The molecular weight excluding hydrogens is 1140 g/mol. The molecule has 0 spiro atoms. The lowest BCUT2D eigenvalue weighted by atomic mass is 9.88. The fourth-order valence-electron chi connectivity index (χ4n) is 15.4. The predicted molar refractivity (Wildman–Crippen MR) is 407 cm³/mol. The van der Waals surface area contributed by atoms with E-state index in [0.29, 0.717) is 63.1 Å². The summed E-state index contributed by atoms with van der Waals surface area (Å²) in [4.78, 5) is 0. The number of ether oxygens (including phenoxy) is 4. The van der Waals surface area contributed by atoms with E-state index < -0.39 is 5.60 Å². The number of rotatable bonds is 2. The van der Waals surface area contributed by atoms with Crippen molar-refractivity contribution in [2.45, 2.75) is 411 Å². The maximum Gasteiger partial charge on any atom is 0.104 e. The van der Waals surface area contributed by atoms with Crippen LogP contribution in [0.15, 0.2) is 0 Å². The van der Waals surface area contributed by atoms with Crippen LogP contribution in [0.1, 0.15) is 393 Å². The van der Waals surface area contributed by atoms with Gasteiger partial charge in [-0.2, -0.15) is 0 Å². The van der Waals surface area contributed by atoms with Crippen molar-refractivity contribution < 1.29 is 34.3 Å². The highest BCUT2D eigenvalue weighted by molar-refractivity contribution is 4.74. The predicted octanol–water partition coefficient (Wildman–Crippen LogP) is 25.2. The zero-order valence-electron chi connectivity index (χ0n) is 66.1. The largest absolute Gasteiger partial charge is 0.394 e. The van der Waals surface area contributed by atoms with Gasteiger partial charge in [-0.25, -0.2) is 0 Å². The molecule has 0 bridgehead atoms. The first-order valence-electron chi connectivity index (χ1n) is 41.8. The Kier molecular flexibility index (Phi) is 58.0. The SMILES string of the molecule is CC1CCCC(C)CCCC(C)CCC(C)CCCC(C)CCCC(C)CCCC(C)CCOC(CO)COCCC(C)(O)CCCC(C)CCCC(C)CCCC(C)CCC(C)CCCC(C)CCCC(C)CCCC(C)CCOC(CO)COCCC(C)CCC1. The minimum absolute atomic E-state index is 0.0271. The summed E-state index contributed by atoms with van der Waals surface area (Å²) >= 11 is 0. The zero-order valence-corrected chi connectivity index (χ0v) is 66.1. The highest BCUT2D eigenvalue weighted by Gasteiger charge is 2.22. The van der Waals surface area contributed by atoms with Crippen molar-refractivity contribution in [3.63, 3.8) is 0 Å². The average molecular weight is 1320 g/mol. The second kappa shape index (κ2) is 59.4. The summed E-state index contributed by atoms with van der Waals surface area (Å²) in [5.74, 6) is 11.9. The molecule has 18 unspecified atom stereocenters. The molecule has 1 rings (SSSR count). The first-order chi connectivity index (χ1) is 44.5. The number of hydrogen-bond acceptors (Lipinski definition) is 7. The Morgan fingerprint density at radius 1 is 0.237 bits per heavy atom. The second-order valence-corrected chi connectivity index (χ2v) is 35.0. The number of aliphatic hydroxyl groups is 3. The molecule has 0 aromatic heterocycles. The van der Waals surface area contributed by atoms with Gasteiger partial charge in [-0.1, -0.05) is 354 Å². The molecule has 1 aliphatic heterocycles. The van der Waals surface area contributed by atoms with Gasteiger partial charge in [0.05, 0.1) is 32.0 Å². The van der Waals surface area contributed by atoms with Gasteiger partial charge in [-0.05, 0) is 128 Å². The van der Waals surface area contributed by atoms with E-state index in [1.165, 1.54) is 244 Å². The molecule has 18 atom stereocenters. The third-order valence-corrected chi connectivity index (χ3v) is 23.5. The van der Waals surface area contributed by atoms with Crippen LogP contribution >= 0.6 is 0 Å². The highest BCUT2D eigenvalue weighted by Crippen LogP contribution is 2.31. The Bertz CT molecular complexity index is 1570. The summed E-state index contributed by atoms with van der Waals surface area (Å²) in [6.07, 6.45) is 56.8. The van der Waals surface area contributed by atoms with Crippen LogP contribution in [0, 0.1) is 88.8 Å². The van der Waals surface area contributed by atoms with Crippen molar-refractivity contribution in [1.29, 1.82) is 0 Å². The molecule has 3 N–H and O–H groups in total. The lowest BCUT2D eigenvalue weighted by Gasteiger charge is -2.25. The minimum atomic E-state index is -0.722. The van der Waals surface area contributed by atoms with E-state index in [4.69, 9.17) is 18.9 Å². The summed E-state index contributed by atoms with van der Waals surface area (Å²) in [6, 6.07) is 0. The van der Waals surface area contributed by atoms with Gasteiger partial charge in [0.2, 0.25) is 0 Å².